The summed E-state index contributed by atoms with van der Waals surface area (Å²) in [7, 11) is 0. The van der Waals surface area contributed by atoms with E-state index >= 15 is 0 Å². The molecule has 0 N–H and O–H groups in total. The summed E-state index contributed by atoms with van der Waals surface area (Å²) in [6.07, 6.45) is 12.2. The van der Waals surface area contributed by atoms with Gasteiger partial charge in [0.05, 0.1) is 0 Å². The van der Waals surface area contributed by atoms with Crippen LogP contribution in [0.5, 0.6) is 0 Å². The molecule has 3 bridgehead atoms. The van der Waals surface area contributed by atoms with Crippen molar-refractivity contribution in [2.75, 3.05) is 4.90 Å². The van der Waals surface area contributed by atoms with E-state index in [4.69, 9.17) is 0 Å². The first-order valence-electron chi connectivity index (χ1n) is 21.6. The Morgan fingerprint density at radius 3 is 1.93 bits per heavy atom. The molecule has 4 fully saturated rings. The third kappa shape index (κ3) is 4.11. The summed E-state index contributed by atoms with van der Waals surface area (Å²) in [5.41, 5.74) is 18.7. The second kappa shape index (κ2) is 11.6. The molecule has 1 nitrogen and oxygen atoms in total. The van der Waals surface area contributed by atoms with Crippen molar-refractivity contribution < 1.29 is 0 Å². The first kappa shape index (κ1) is 31.8. The van der Waals surface area contributed by atoms with E-state index in [9.17, 15) is 0 Å². The molecule has 4 saturated carbocycles. The van der Waals surface area contributed by atoms with Gasteiger partial charge in [0.25, 0.3) is 0 Å². The lowest BCUT2D eigenvalue weighted by Crippen LogP contribution is -2.45. The Hall–Kier alpha value is -5.40. The summed E-state index contributed by atoms with van der Waals surface area (Å²) in [5, 5.41) is 2.59. The predicted molar refractivity (Wildman–Crippen MR) is 232 cm³/mol. The fourth-order valence-electron chi connectivity index (χ4n) is 14.0. The Kier molecular flexibility index (Phi) is 6.57. The van der Waals surface area contributed by atoms with Gasteiger partial charge in [0.1, 0.15) is 0 Å². The van der Waals surface area contributed by atoms with E-state index in [0.29, 0.717) is 0 Å². The van der Waals surface area contributed by atoms with Crippen molar-refractivity contribution in [3.05, 3.63) is 174 Å². The Labute approximate surface area is 331 Å². The molecule has 0 saturated heterocycles. The largest absolute Gasteiger partial charge is 0.310 e. The van der Waals surface area contributed by atoms with Crippen molar-refractivity contribution in [1.29, 1.82) is 0 Å². The van der Waals surface area contributed by atoms with Gasteiger partial charge in [-0.2, -0.15) is 0 Å². The molecule has 56 heavy (non-hydrogen) atoms. The quantitative estimate of drug-likeness (QED) is 0.175. The molecule has 0 radical (unpaired) electrons. The van der Waals surface area contributed by atoms with Gasteiger partial charge in [-0.15, -0.1) is 0 Å². The number of anilines is 3. The summed E-state index contributed by atoms with van der Waals surface area (Å²) < 4.78 is 0. The van der Waals surface area contributed by atoms with Gasteiger partial charge in [-0.3, -0.25) is 0 Å². The van der Waals surface area contributed by atoms with Crippen molar-refractivity contribution in [3.63, 3.8) is 0 Å². The average Bonchev–Trinajstić information content (AvgIpc) is 4.01. The first-order valence-corrected chi connectivity index (χ1v) is 21.6. The molecule has 2 spiro atoms. The summed E-state index contributed by atoms with van der Waals surface area (Å²) in [6.45, 7) is 0. The van der Waals surface area contributed by atoms with Crippen LogP contribution in [-0.2, 0) is 10.8 Å². The van der Waals surface area contributed by atoms with Crippen molar-refractivity contribution in [2.45, 2.75) is 68.6 Å². The second-order valence-electron chi connectivity index (χ2n) is 18.3. The topological polar surface area (TPSA) is 3.24 Å². The van der Waals surface area contributed by atoms with Crippen molar-refractivity contribution in [1.82, 2.24) is 0 Å². The van der Waals surface area contributed by atoms with E-state index in [0.717, 1.165) is 23.7 Å². The Morgan fingerprint density at radius 2 is 1.05 bits per heavy atom. The number of hydrogen-bond donors (Lipinski definition) is 0. The standard InChI is InChI=1S/C55H47N/c1-2-12-44-35(10-1)11-9-15-45(44)36-19-22-41(23-20-36)56(43-24-26-48-46-13-3-5-16-50(46)54(53(48)34-43)28-7-8-29-54)42-25-27-52-49(33-42)47-14-4-6-17-51(47)55(52)39-21-18-37-30-40(55)32-38(37)31-39/h1-6,9-17,19-20,22-27,33-34,37-40H,7-8,18,21,28-32H2. The molecule has 13 rings (SSSR count). The summed E-state index contributed by atoms with van der Waals surface area (Å²) in [5.74, 6) is 3.44. The van der Waals surface area contributed by atoms with Crippen molar-refractivity contribution in [2.24, 2.45) is 23.7 Å². The molecule has 1 heteroatoms. The highest BCUT2D eigenvalue weighted by Crippen LogP contribution is 2.70. The minimum atomic E-state index is 0.119. The third-order valence-electron chi connectivity index (χ3n) is 16.2. The molecule has 5 atom stereocenters. The lowest BCUT2D eigenvalue weighted by Gasteiger charge is -2.49. The van der Waals surface area contributed by atoms with E-state index < -0.39 is 0 Å². The third-order valence-corrected chi connectivity index (χ3v) is 16.2. The van der Waals surface area contributed by atoms with Crippen LogP contribution in [0, 0.1) is 23.7 Å². The number of fused-ring (bicyclic) bond motifs is 15. The molecule has 0 heterocycles. The van der Waals surface area contributed by atoms with Crippen LogP contribution in [0.25, 0.3) is 44.2 Å². The first-order chi connectivity index (χ1) is 27.7. The molecule has 272 valence electrons. The van der Waals surface area contributed by atoms with Gasteiger partial charge < -0.3 is 4.90 Å². The molecular weight excluding hydrogens is 675 g/mol. The maximum atomic E-state index is 2.59. The summed E-state index contributed by atoms with van der Waals surface area (Å²) in [6, 6.07) is 58.8. The van der Waals surface area contributed by atoms with Gasteiger partial charge in [-0.05, 0) is 171 Å². The maximum absolute atomic E-state index is 2.59. The second-order valence-corrected chi connectivity index (χ2v) is 18.3. The van der Waals surface area contributed by atoms with Gasteiger partial charge in [-0.25, -0.2) is 0 Å². The highest BCUT2D eigenvalue weighted by molar-refractivity contribution is 5.97. The van der Waals surface area contributed by atoms with Gasteiger partial charge >= 0.3 is 0 Å². The van der Waals surface area contributed by atoms with Crippen LogP contribution >= 0.6 is 0 Å². The SMILES string of the molecule is c1ccc2c(c1)-c1ccc(N(c3ccc(-c4cccc5ccccc45)cc3)c3ccc4c(c3)-c3ccccc3C43C4CCC5CC3CC5C4)cc1C21CCCC1. The Bertz CT molecular complexity index is 2720. The van der Waals surface area contributed by atoms with Crippen LogP contribution in [0.2, 0.25) is 0 Å². The Balaban J connectivity index is 0.997. The van der Waals surface area contributed by atoms with Gasteiger partial charge in [-0.1, -0.05) is 128 Å². The molecule has 0 aromatic heterocycles. The minimum Gasteiger partial charge on any atom is -0.310 e. The zero-order valence-electron chi connectivity index (χ0n) is 32.1. The monoisotopic (exact) mass is 721 g/mol. The predicted octanol–water partition coefficient (Wildman–Crippen LogP) is 14.5. The van der Waals surface area contributed by atoms with Crippen LogP contribution in [-0.4, -0.2) is 0 Å². The molecule has 5 unspecified atom stereocenters. The Morgan fingerprint density at radius 1 is 0.429 bits per heavy atom. The highest BCUT2D eigenvalue weighted by Gasteiger charge is 2.62. The molecule has 7 aromatic carbocycles. The van der Waals surface area contributed by atoms with E-state index in [1.54, 1.807) is 16.7 Å². The van der Waals surface area contributed by atoms with Crippen molar-refractivity contribution in [3.8, 4) is 33.4 Å². The van der Waals surface area contributed by atoms with Gasteiger partial charge in [0, 0.05) is 27.9 Å². The van der Waals surface area contributed by atoms with Crippen molar-refractivity contribution >= 4 is 27.8 Å². The molecule has 6 aliphatic carbocycles. The minimum absolute atomic E-state index is 0.119. The fourth-order valence-corrected chi connectivity index (χ4v) is 14.0. The summed E-state index contributed by atoms with van der Waals surface area (Å²) in [4.78, 5) is 2.57. The molecule has 0 amide bonds. The van der Waals surface area contributed by atoms with Gasteiger partial charge in [0.2, 0.25) is 0 Å². The lowest BCUT2D eigenvalue weighted by atomic mass is 9.54. The zero-order chi connectivity index (χ0) is 36.6. The number of nitrogens with zero attached hydrogens (tertiary/aromatic N) is 1. The molecule has 7 aromatic rings. The average molecular weight is 722 g/mol. The normalized spacial score (nSPS) is 25.4. The lowest BCUT2D eigenvalue weighted by molar-refractivity contribution is 0.106. The molecule has 0 aliphatic heterocycles. The van der Waals surface area contributed by atoms with Crippen LogP contribution in [0.3, 0.4) is 0 Å². The van der Waals surface area contributed by atoms with Gasteiger partial charge in [0.15, 0.2) is 0 Å². The zero-order valence-corrected chi connectivity index (χ0v) is 32.1. The highest BCUT2D eigenvalue weighted by atomic mass is 15.1. The van der Waals surface area contributed by atoms with E-state index in [1.165, 1.54) is 125 Å². The van der Waals surface area contributed by atoms with E-state index in [1.807, 2.05) is 0 Å². The fraction of sp³-hybridized carbons (Fsp3) is 0.273. The van der Waals surface area contributed by atoms with Crippen LogP contribution in [0.15, 0.2) is 152 Å². The number of hydrogen-bond acceptors (Lipinski definition) is 1. The number of rotatable bonds is 4. The van der Waals surface area contributed by atoms with Crippen LogP contribution in [0.1, 0.15) is 80.0 Å². The van der Waals surface area contributed by atoms with Crippen LogP contribution < -0.4 is 4.90 Å². The summed E-state index contributed by atoms with van der Waals surface area (Å²) >= 11 is 0. The molecular formula is C55H47N. The smallest absolute Gasteiger partial charge is 0.0468 e. The van der Waals surface area contributed by atoms with Crippen LogP contribution in [0.4, 0.5) is 17.1 Å². The molecule has 6 aliphatic rings. The van der Waals surface area contributed by atoms with E-state index in [-0.39, 0.29) is 10.8 Å². The maximum Gasteiger partial charge on any atom is 0.0468 e. The number of benzene rings is 7. The van der Waals surface area contributed by atoms with E-state index in [2.05, 4.69) is 157 Å².